The number of carbonyl (C=O) groups is 1. The summed E-state index contributed by atoms with van der Waals surface area (Å²) in [6, 6.07) is 12.4. The molecule has 7 heteroatoms. The number of anilines is 1. The maximum atomic E-state index is 12.5. The van der Waals surface area contributed by atoms with Crippen molar-refractivity contribution < 1.29 is 9.53 Å². The average Bonchev–Trinajstić information content (AvgIpc) is 2.95. The summed E-state index contributed by atoms with van der Waals surface area (Å²) in [5, 5.41) is 7.88. The van der Waals surface area contributed by atoms with Gasteiger partial charge in [-0.25, -0.2) is 9.67 Å². The summed E-state index contributed by atoms with van der Waals surface area (Å²) >= 11 is 6.06. The van der Waals surface area contributed by atoms with Crippen LogP contribution in [0.25, 0.3) is 5.69 Å². The number of nitrogens with zero attached hydrogens (tertiary/aromatic N) is 3. The highest BCUT2D eigenvalue weighted by Crippen LogP contribution is 2.21. The number of amides is 1. The monoisotopic (exact) mass is 370 g/mol. The minimum Gasteiger partial charge on any atom is -0.475 e. The number of hydrogen-bond acceptors (Lipinski definition) is 4. The summed E-state index contributed by atoms with van der Waals surface area (Å²) in [5.74, 6) is 0.755. The van der Waals surface area contributed by atoms with Crippen molar-refractivity contribution in [2.45, 2.75) is 26.9 Å². The SMILES string of the molecule is Cc1cc(NC(=O)c2ccc(OC(C)C)nc2)n(-c2cccc(Cl)c2)n1. The number of halogens is 1. The van der Waals surface area contributed by atoms with Crippen molar-refractivity contribution in [3.05, 3.63) is 64.9 Å². The molecular weight excluding hydrogens is 352 g/mol. The fourth-order valence-electron chi connectivity index (χ4n) is 2.41. The van der Waals surface area contributed by atoms with Crippen LogP contribution in [0.1, 0.15) is 29.9 Å². The quantitative estimate of drug-likeness (QED) is 0.728. The van der Waals surface area contributed by atoms with Gasteiger partial charge < -0.3 is 10.1 Å². The van der Waals surface area contributed by atoms with Crippen molar-refractivity contribution in [1.82, 2.24) is 14.8 Å². The van der Waals surface area contributed by atoms with Gasteiger partial charge in [0.15, 0.2) is 0 Å². The van der Waals surface area contributed by atoms with E-state index in [4.69, 9.17) is 16.3 Å². The normalized spacial score (nSPS) is 10.8. The number of nitrogens with one attached hydrogen (secondary N) is 1. The molecule has 0 aliphatic carbocycles. The van der Waals surface area contributed by atoms with Crippen LogP contribution in [0.15, 0.2) is 48.7 Å². The zero-order valence-corrected chi connectivity index (χ0v) is 15.5. The van der Waals surface area contributed by atoms with Gasteiger partial charge in [-0.1, -0.05) is 17.7 Å². The number of hydrogen-bond donors (Lipinski definition) is 1. The third-order valence-corrected chi connectivity index (χ3v) is 3.72. The van der Waals surface area contributed by atoms with Gasteiger partial charge in [0.05, 0.1) is 23.0 Å². The molecule has 0 aliphatic heterocycles. The van der Waals surface area contributed by atoms with E-state index in [9.17, 15) is 4.79 Å². The molecule has 2 aromatic heterocycles. The molecule has 0 saturated carbocycles. The molecule has 0 aliphatic rings. The van der Waals surface area contributed by atoms with E-state index in [1.807, 2.05) is 32.9 Å². The molecule has 0 fully saturated rings. The van der Waals surface area contributed by atoms with Gasteiger partial charge in [-0.15, -0.1) is 0 Å². The fraction of sp³-hybridized carbons (Fsp3) is 0.211. The van der Waals surface area contributed by atoms with E-state index >= 15 is 0 Å². The summed E-state index contributed by atoms with van der Waals surface area (Å²) in [5.41, 5.74) is 1.97. The van der Waals surface area contributed by atoms with Crippen LogP contribution < -0.4 is 10.1 Å². The van der Waals surface area contributed by atoms with Gasteiger partial charge in [-0.05, 0) is 45.0 Å². The van der Waals surface area contributed by atoms with E-state index in [-0.39, 0.29) is 12.0 Å². The highest BCUT2D eigenvalue weighted by Gasteiger charge is 2.13. The Balaban J connectivity index is 1.82. The van der Waals surface area contributed by atoms with Gasteiger partial charge in [0, 0.05) is 23.4 Å². The van der Waals surface area contributed by atoms with E-state index in [1.54, 1.807) is 35.0 Å². The summed E-state index contributed by atoms with van der Waals surface area (Å²) in [4.78, 5) is 16.7. The molecule has 0 bridgehead atoms. The molecule has 1 aromatic carbocycles. The first-order valence-corrected chi connectivity index (χ1v) is 8.57. The molecule has 26 heavy (non-hydrogen) atoms. The van der Waals surface area contributed by atoms with Gasteiger partial charge in [0.25, 0.3) is 5.91 Å². The Morgan fingerprint density at radius 1 is 1.23 bits per heavy atom. The van der Waals surface area contributed by atoms with Crippen LogP contribution in [0.5, 0.6) is 5.88 Å². The van der Waals surface area contributed by atoms with Gasteiger partial charge >= 0.3 is 0 Å². The Morgan fingerprint density at radius 2 is 2.04 bits per heavy atom. The smallest absolute Gasteiger partial charge is 0.258 e. The topological polar surface area (TPSA) is 69.0 Å². The van der Waals surface area contributed by atoms with Crippen molar-refractivity contribution in [2.24, 2.45) is 0 Å². The van der Waals surface area contributed by atoms with Crippen LogP contribution in [-0.4, -0.2) is 26.8 Å². The molecule has 1 amide bonds. The summed E-state index contributed by atoms with van der Waals surface area (Å²) in [6.07, 6.45) is 1.51. The average molecular weight is 371 g/mol. The van der Waals surface area contributed by atoms with E-state index in [2.05, 4.69) is 15.4 Å². The van der Waals surface area contributed by atoms with E-state index in [0.29, 0.717) is 22.3 Å². The molecule has 3 rings (SSSR count). The molecule has 1 N–H and O–H groups in total. The Hall–Kier alpha value is -2.86. The number of aryl methyl sites for hydroxylation is 1. The Bertz CT molecular complexity index is 920. The predicted molar refractivity (Wildman–Crippen MR) is 101 cm³/mol. The lowest BCUT2D eigenvalue weighted by Crippen LogP contribution is -2.15. The summed E-state index contributed by atoms with van der Waals surface area (Å²) in [6.45, 7) is 5.69. The fourth-order valence-corrected chi connectivity index (χ4v) is 2.59. The van der Waals surface area contributed by atoms with Gasteiger partial charge in [0.2, 0.25) is 5.88 Å². The van der Waals surface area contributed by atoms with Gasteiger partial charge in [-0.2, -0.15) is 5.10 Å². The summed E-state index contributed by atoms with van der Waals surface area (Å²) < 4.78 is 7.13. The molecule has 6 nitrogen and oxygen atoms in total. The summed E-state index contributed by atoms with van der Waals surface area (Å²) in [7, 11) is 0. The molecule has 0 saturated heterocycles. The molecule has 3 aromatic rings. The van der Waals surface area contributed by atoms with Crippen molar-refractivity contribution in [2.75, 3.05) is 5.32 Å². The number of ether oxygens (including phenoxy) is 1. The number of aromatic nitrogens is 3. The number of carbonyl (C=O) groups excluding carboxylic acids is 1. The second kappa shape index (κ2) is 7.58. The second-order valence-electron chi connectivity index (χ2n) is 6.07. The first-order valence-electron chi connectivity index (χ1n) is 8.19. The first kappa shape index (κ1) is 17.9. The van der Waals surface area contributed by atoms with Crippen molar-refractivity contribution in [1.29, 1.82) is 0 Å². The predicted octanol–water partition coefficient (Wildman–Crippen LogP) is 4.27. The minimum absolute atomic E-state index is 0.0252. The Morgan fingerprint density at radius 3 is 2.69 bits per heavy atom. The third-order valence-electron chi connectivity index (χ3n) is 3.48. The molecule has 0 unspecified atom stereocenters. The number of pyridine rings is 1. The maximum Gasteiger partial charge on any atom is 0.258 e. The first-order chi connectivity index (χ1) is 12.4. The van der Waals surface area contributed by atoms with Crippen LogP contribution in [0, 0.1) is 6.92 Å². The highest BCUT2D eigenvalue weighted by atomic mass is 35.5. The zero-order valence-electron chi connectivity index (χ0n) is 14.7. The lowest BCUT2D eigenvalue weighted by Gasteiger charge is -2.10. The van der Waals surface area contributed by atoms with Crippen molar-refractivity contribution in [3.63, 3.8) is 0 Å². The third kappa shape index (κ3) is 4.21. The van der Waals surface area contributed by atoms with Gasteiger partial charge in [-0.3, -0.25) is 4.79 Å². The molecule has 0 atom stereocenters. The van der Waals surface area contributed by atoms with Crippen LogP contribution >= 0.6 is 11.6 Å². The van der Waals surface area contributed by atoms with E-state index in [1.165, 1.54) is 6.20 Å². The molecule has 2 heterocycles. The van der Waals surface area contributed by atoms with Crippen LogP contribution in [0.2, 0.25) is 5.02 Å². The number of rotatable bonds is 5. The second-order valence-corrected chi connectivity index (χ2v) is 6.50. The van der Waals surface area contributed by atoms with Gasteiger partial charge in [0.1, 0.15) is 5.82 Å². The minimum atomic E-state index is -0.281. The van der Waals surface area contributed by atoms with Crippen LogP contribution in [0.3, 0.4) is 0 Å². The molecule has 0 radical (unpaired) electrons. The molecule has 0 spiro atoms. The molecule has 134 valence electrons. The van der Waals surface area contributed by atoms with Crippen molar-refractivity contribution in [3.8, 4) is 11.6 Å². The zero-order chi connectivity index (χ0) is 18.7. The van der Waals surface area contributed by atoms with E-state index in [0.717, 1.165) is 11.4 Å². The van der Waals surface area contributed by atoms with Crippen LogP contribution in [-0.2, 0) is 0 Å². The Kier molecular flexibility index (Phi) is 5.23. The molecular formula is C19H19ClN4O2. The standard InChI is InChI=1S/C19H19ClN4O2/c1-12(2)26-18-8-7-14(11-21-18)19(25)22-17-9-13(3)23-24(17)16-6-4-5-15(20)10-16/h4-12H,1-3H3,(H,22,25). The maximum absolute atomic E-state index is 12.5. The Labute approximate surface area is 156 Å². The highest BCUT2D eigenvalue weighted by molar-refractivity contribution is 6.30. The lowest BCUT2D eigenvalue weighted by atomic mass is 10.2. The van der Waals surface area contributed by atoms with E-state index < -0.39 is 0 Å². The van der Waals surface area contributed by atoms with Crippen molar-refractivity contribution >= 4 is 23.3 Å². The lowest BCUT2D eigenvalue weighted by molar-refractivity contribution is 0.102. The van der Waals surface area contributed by atoms with Crippen LogP contribution in [0.4, 0.5) is 5.82 Å². The number of benzene rings is 1. The largest absolute Gasteiger partial charge is 0.475 e.